The molecule has 1 N–H and O–H groups in total. The van der Waals surface area contributed by atoms with Gasteiger partial charge in [-0.3, -0.25) is 4.90 Å². The maximum atomic E-state index is 12.3. The fourth-order valence-corrected chi connectivity index (χ4v) is 1.90. The number of nitrogens with zero attached hydrogens (tertiary/aromatic N) is 1. The van der Waals surface area contributed by atoms with E-state index in [1.165, 1.54) is 11.9 Å². The number of rotatable bonds is 6. The molecule has 0 aliphatic heterocycles. The monoisotopic (exact) mass is 276 g/mol. The van der Waals surface area contributed by atoms with Crippen LogP contribution in [0.1, 0.15) is 11.6 Å². The van der Waals surface area contributed by atoms with Crippen molar-refractivity contribution < 1.29 is 17.9 Å². The van der Waals surface area contributed by atoms with Gasteiger partial charge in [-0.2, -0.15) is 13.2 Å². The Kier molecular flexibility index (Phi) is 5.62. The molecule has 1 atom stereocenters. The number of methoxy groups -OCH3 is 1. The first kappa shape index (κ1) is 15.8. The van der Waals surface area contributed by atoms with Crippen LogP contribution in [0.4, 0.5) is 13.2 Å². The number of hydrogen-bond acceptors (Lipinski definition) is 3. The molecular weight excluding hydrogens is 257 g/mol. The molecule has 3 nitrogen and oxygen atoms in total. The van der Waals surface area contributed by atoms with Crippen LogP contribution in [0.3, 0.4) is 0 Å². The van der Waals surface area contributed by atoms with E-state index >= 15 is 0 Å². The third-order valence-corrected chi connectivity index (χ3v) is 2.79. The first-order valence-electron chi connectivity index (χ1n) is 5.92. The molecular formula is C13H19F3N2O. The SMILES string of the molecule is CNC(CN(C)CC(F)(F)F)c1cccc(OC)c1. The Morgan fingerprint density at radius 1 is 1.37 bits per heavy atom. The zero-order chi connectivity index (χ0) is 14.5. The predicted molar refractivity (Wildman–Crippen MR) is 68.3 cm³/mol. The molecule has 0 bridgehead atoms. The van der Waals surface area contributed by atoms with Crippen LogP contribution < -0.4 is 10.1 Å². The van der Waals surface area contributed by atoms with E-state index in [1.54, 1.807) is 20.2 Å². The van der Waals surface area contributed by atoms with E-state index in [0.29, 0.717) is 5.75 Å². The van der Waals surface area contributed by atoms with E-state index in [4.69, 9.17) is 4.74 Å². The molecule has 0 spiro atoms. The molecule has 0 saturated carbocycles. The van der Waals surface area contributed by atoms with Crippen molar-refractivity contribution in [1.82, 2.24) is 10.2 Å². The third-order valence-electron chi connectivity index (χ3n) is 2.79. The van der Waals surface area contributed by atoms with Gasteiger partial charge in [-0.1, -0.05) is 12.1 Å². The number of benzene rings is 1. The van der Waals surface area contributed by atoms with Gasteiger partial charge in [0, 0.05) is 12.6 Å². The van der Waals surface area contributed by atoms with Gasteiger partial charge in [0.05, 0.1) is 13.7 Å². The molecule has 1 aromatic rings. The Morgan fingerprint density at radius 2 is 2.05 bits per heavy atom. The lowest BCUT2D eigenvalue weighted by Crippen LogP contribution is -2.37. The van der Waals surface area contributed by atoms with E-state index in [1.807, 2.05) is 18.2 Å². The first-order valence-corrected chi connectivity index (χ1v) is 5.92. The molecule has 0 radical (unpaired) electrons. The fourth-order valence-electron chi connectivity index (χ4n) is 1.90. The highest BCUT2D eigenvalue weighted by atomic mass is 19.4. The highest BCUT2D eigenvalue weighted by molar-refractivity contribution is 5.30. The van der Waals surface area contributed by atoms with Crippen LogP contribution in [0.5, 0.6) is 5.75 Å². The van der Waals surface area contributed by atoms with E-state index in [2.05, 4.69) is 5.32 Å². The molecule has 6 heteroatoms. The van der Waals surface area contributed by atoms with Crippen LogP contribution in [0.15, 0.2) is 24.3 Å². The minimum absolute atomic E-state index is 0.178. The number of halogens is 3. The summed E-state index contributed by atoms with van der Waals surface area (Å²) in [5.41, 5.74) is 0.899. The quantitative estimate of drug-likeness (QED) is 0.863. The topological polar surface area (TPSA) is 24.5 Å². The summed E-state index contributed by atoms with van der Waals surface area (Å²) in [5, 5.41) is 3.02. The Balaban J connectivity index is 2.72. The van der Waals surface area contributed by atoms with Gasteiger partial charge >= 0.3 is 6.18 Å². The number of likely N-dealkylation sites (N-methyl/N-ethyl adjacent to an activating group) is 2. The Hall–Kier alpha value is -1.27. The maximum absolute atomic E-state index is 12.3. The average Bonchev–Trinajstić information content (AvgIpc) is 2.34. The summed E-state index contributed by atoms with van der Waals surface area (Å²) < 4.78 is 42.0. The fraction of sp³-hybridized carbons (Fsp3) is 0.538. The van der Waals surface area contributed by atoms with Crippen LogP contribution in [0, 0.1) is 0 Å². The summed E-state index contributed by atoms with van der Waals surface area (Å²) in [4.78, 5) is 1.25. The van der Waals surface area contributed by atoms with Crippen molar-refractivity contribution >= 4 is 0 Å². The first-order chi connectivity index (χ1) is 8.85. The lowest BCUT2D eigenvalue weighted by molar-refractivity contribution is -0.143. The van der Waals surface area contributed by atoms with Gasteiger partial charge in [-0.05, 0) is 31.8 Å². The molecule has 0 saturated heterocycles. The molecule has 1 aromatic carbocycles. The van der Waals surface area contributed by atoms with Gasteiger partial charge in [0.25, 0.3) is 0 Å². The summed E-state index contributed by atoms with van der Waals surface area (Å²) in [7, 11) is 4.74. The highest BCUT2D eigenvalue weighted by Crippen LogP contribution is 2.21. The molecule has 0 fully saturated rings. The molecule has 108 valence electrons. The molecule has 19 heavy (non-hydrogen) atoms. The van der Waals surface area contributed by atoms with E-state index in [0.717, 1.165) is 5.56 Å². The van der Waals surface area contributed by atoms with Crippen LogP contribution >= 0.6 is 0 Å². The van der Waals surface area contributed by atoms with Gasteiger partial charge in [0.15, 0.2) is 0 Å². The van der Waals surface area contributed by atoms with E-state index in [-0.39, 0.29) is 12.6 Å². The normalized spacial score (nSPS) is 13.6. The van der Waals surface area contributed by atoms with Gasteiger partial charge in [-0.25, -0.2) is 0 Å². The van der Waals surface area contributed by atoms with E-state index in [9.17, 15) is 13.2 Å². The Bertz CT molecular complexity index is 396. The second-order valence-corrected chi connectivity index (χ2v) is 4.43. The van der Waals surface area contributed by atoms with Crippen molar-refractivity contribution in [2.45, 2.75) is 12.2 Å². The Morgan fingerprint density at radius 3 is 2.58 bits per heavy atom. The third kappa shape index (κ3) is 5.48. The minimum Gasteiger partial charge on any atom is -0.497 e. The van der Waals surface area contributed by atoms with Gasteiger partial charge in [-0.15, -0.1) is 0 Å². The number of ether oxygens (including phenoxy) is 1. The largest absolute Gasteiger partial charge is 0.497 e. The smallest absolute Gasteiger partial charge is 0.401 e. The van der Waals surface area contributed by atoms with Crippen molar-refractivity contribution in [2.24, 2.45) is 0 Å². The zero-order valence-electron chi connectivity index (χ0n) is 11.3. The number of alkyl halides is 3. The maximum Gasteiger partial charge on any atom is 0.401 e. The van der Waals surface area contributed by atoms with Crippen LogP contribution in [0.2, 0.25) is 0 Å². The van der Waals surface area contributed by atoms with Crippen molar-refractivity contribution in [2.75, 3.05) is 34.3 Å². The minimum atomic E-state index is -4.18. The molecule has 1 unspecified atom stereocenters. The van der Waals surface area contributed by atoms with Crippen molar-refractivity contribution in [1.29, 1.82) is 0 Å². The average molecular weight is 276 g/mol. The molecule has 0 amide bonds. The highest BCUT2D eigenvalue weighted by Gasteiger charge is 2.30. The summed E-state index contributed by atoms with van der Waals surface area (Å²) in [6, 6.07) is 7.13. The molecule has 1 rings (SSSR count). The van der Waals surface area contributed by atoms with Crippen LogP contribution in [-0.2, 0) is 0 Å². The molecule has 0 heterocycles. The van der Waals surface area contributed by atoms with Gasteiger partial charge < -0.3 is 10.1 Å². The number of hydrogen-bond donors (Lipinski definition) is 1. The lowest BCUT2D eigenvalue weighted by Gasteiger charge is -2.25. The van der Waals surface area contributed by atoms with Crippen molar-refractivity contribution in [3.05, 3.63) is 29.8 Å². The number of nitrogens with one attached hydrogen (secondary N) is 1. The van der Waals surface area contributed by atoms with Crippen LogP contribution in [-0.4, -0.2) is 45.4 Å². The summed E-state index contributed by atoms with van der Waals surface area (Å²) >= 11 is 0. The van der Waals surface area contributed by atoms with Crippen LogP contribution in [0.25, 0.3) is 0 Å². The second kappa shape index (κ2) is 6.77. The van der Waals surface area contributed by atoms with Crippen molar-refractivity contribution in [3.8, 4) is 5.75 Å². The second-order valence-electron chi connectivity index (χ2n) is 4.43. The summed E-state index contributed by atoms with van der Waals surface area (Å²) in [6.07, 6.45) is -4.18. The molecule has 0 aliphatic rings. The van der Waals surface area contributed by atoms with Crippen molar-refractivity contribution in [3.63, 3.8) is 0 Å². The Labute approximate surface area is 111 Å². The summed E-state index contributed by atoms with van der Waals surface area (Å²) in [5.74, 6) is 0.691. The molecule has 0 aliphatic carbocycles. The molecule has 0 aromatic heterocycles. The lowest BCUT2D eigenvalue weighted by atomic mass is 10.1. The zero-order valence-corrected chi connectivity index (χ0v) is 11.3. The van der Waals surface area contributed by atoms with E-state index < -0.39 is 12.7 Å². The predicted octanol–water partition coefficient (Wildman–Crippen LogP) is 2.45. The standard InChI is InChI=1S/C13H19F3N2O/c1-17-12(8-18(2)9-13(14,15)16)10-5-4-6-11(7-10)19-3/h4-7,12,17H,8-9H2,1-3H3. The van der Waals surface area contributed by atoms with Gasteiger partial charge in [0.2, 0.25) is 0 Å². The van der Waals surface area contributed by atoms with Gasteiger partial charge in [0.1, 0.15) is 5.75 Å². The summed E-state index contributed by atoms with van der Waals surface area (Å²) in [6.45, 7) is -0.654.